The highest BCUT2D eigenvalue weighted by molar-refractivity contribution is 8.00. The molecule has 0 bridgehead atoms. The van der Waals surface area contributed by atoms with E-state index in [4.69, 9.17) is 5.14 Å². The summed E-state index contributed by atoms with van der Waals surface area (Å²) in [5.74, 6) is 0. The number of hydrogen-bond donors (Lipinski definition) is 1. The molecule has 2 rings (SSSR count). The molecule has 0 amide bonds. The molecule has 18 heavy (non-hydrogen) atoms. The van der Waals surface area contributed by atoms with Gasteiger partial charge in [0.1, 0.15) is 4.90 Å². The Balaban J connectivity index is 0.00000162. The van der Waals surface area contributed by atoms with E-state index in [2.05, 4.69) is 20.5 Å². The van der Waals surface area contributed by atoms with Crippen molar-refractivity contribution in [3.63, 3.8) is 0 Å². The van der Waals surface area contributed by atoms with Crippen LogP contribution in [0.25, 0.3) is 0 Å². The van der Waals surface area contributed by atoms with Crippen molar-refractivity contribution in [2.75, 3.05) is 0 Å². The normalized spacial score (nSPS) is 11.0. The van der Waals surface area contributed by atoms with E-state index in [1.165, 1.54) is 17.1 Å². The molecule has 0 aliphatic heterocycles. The Morgan fingerprint density at radius 3 is 2.72 bits per heavy atom. The van der Waals surface area contributed by atoms with E-state index in [9.17, 15) is 8.42 Å². The summed E-state index contributed by atoms with van der Waals surface area (Å²) in [6.07, 6.45) is 2.67. The van der Waals surface area contributed by atoms with Gasteiger partial charge in [-0.2, -0.15) is 0 Å². The minimum Gasteiger partial charge on any atom is -0.263 e. The molecule has 11 heteroatoms. The molecule has 0 saturated heterocycles. The Labute approximate surface area is 113 Å². The van der Waals surface area contributed by atoms with Crippen molar-refractivity contribution < 1.29 is 8.42 Å². The summed E-state index contributed by atoms with van der Waals surface area (Å²) in [5, 5.41) is 16.4. The second-order valence-electron chi connectivity index (χ2n) is 3.05. The fourth-order valence-electron chi connectivity index (χ4n) is 1.07. The quantitative estimate of drug-likeness (QED) is 0.836. The summed E-state index contributed by atoms with van der Waals surface area (Å²) in [7, 11) is -2.16. The monoisotopic (exact) mass is 308 g/mol. The standard InChI is InChI=1S/C7H8N6O2S2.ClH/c1-13-7(10-11-12-13)16-5-2-3-9-4-6(5)17(8,14)15;/h2-4H,1H3,(H2,8,14,15);1H. The van der Waals surface area contributed by atoms with Gasteiger partial charge in [-0.05, 0) is 28.3 Å². The van der Waals surface area contributed by atoms with Crippen LogP contribution in [0.1, 0.15) is 0 Å². The second-order valence-corrected chi connectivity index (χ2v) is 5.59. The molecule has 2 aromatic rings. The predicted octanol–water partition coefficient (Wildman–Crippen LogP) is -0.174. The number of primary sulfonamides is 1. The van der Waals surface area contributed by atoms with Crippen molar-refractivity contribution in [3.05, 3.63) is 18.5 Å². The number of sulfonamides is 1. The third-order valence-electron chi connectivity index (χ3n) is 1.84. The molecular formula is C7H9ClN6O2S2. The van der Waals surface area contributed by atoms with Crippen LogP contribution in [0.2, 0.25) is 0 Å². The topological polar surface area (TPSA) is 117 Å². The van der Waals surface area contributed by atoms with Crippen LogP contribution in [0.4, 0.5) is 0 Å². The fourth-order valence-corrected chi connectivity index (χ4v) is 2.83. The number of pyridine rings is 1. The van der Waals surface area contributed by atoms with Crippen molar-refractivity contribution >= 4 is 34.2 Å². The lowest BCUT2D eigenvalue weighted by molar-refractivity contribution is 0.595. The lowest BCUT2D eigenvalue weighted by Crippen LogP contribution is -2.13. The highest BCUT2D eigenvalue weighted by Crippen LogP contribution is 2.29. The number of rotatable bonds is 3. The average molecular weight is 309 g/mol. The third-order valence-corrected chi connectivity index (χ3v) is 4.01. The molecule has 0 aliphatic carbocycles. The summed E-state index contributed by atoms with van der Waals surface area (Å²) in [4.78, 5) is 4.12. The van der Waals surface area contributed by atoms with Crippen molar-refractivity contribution in [2.24, 2.45) is 12.2 Å². The zero-order chi connectivity index (χ0) is 12.5. The largest absolute Gasteiger partial charge is 0.263 e. The maximum atomic E-state index is 11.3. The number of nitrogens with two attached hydrogens (primary N) is 1. The smallest absolute Gasteiger partial charge is 0.240 e. The number of aromatic nitrogens is 5. The van der Waals surface area contributed by atoms with Gasteiger partial charge >= 0.3 is 0 Å². The van der Waals surface area contributed by atoms with Crippen molar-refractivity contribution in [1.29, 1.82) is 0 Å². The summed E-state index contributed by atoms with van der Waals surface area (Å²) < 4.78 is 24.1. The first-order chi connectivity index (χ1) is 7.98. The maximum absolute atomic E-state index is 11.3. The van der Waals surface area contributed by atoms with E-state index >= 15 is 0 Å². The molecule has 0 saturated carbocycles. The van der Waals surface area contributed by atoms with Crippen LogP contribution in [0, 0.1) is 0 Å². The van der Waals surface area contributed by atoms with Gasteiger partial charge in [-0.15, -0.1) is 17.5 Å². The maximum Gasteiger partial charge on any atom is 0.240 e. The summed E-state index contributed by atoms with van der Waals surface area (Å²) >= 11 is 1.10. The Kier molecular flexibility index (Phi) is 4.62. The molecule has 0 atom stereocenters. The van der Waals surface area contributed by atoms with Crippen LogP contribution in [-0.2, 0) is 17.1 Å². The molecule has 0 aromatic carbocycles. The van der Waals surface area contributed by atoms with Gasteiger partial charge in [-0.3, -0.25) is 4.98 Å². The van der Waals surface area contributed by atoms with Gasteiger partial charge in [-0.25, -0.2) is 18.2 Å². The summed E-state index contributed by atoms with van der Waals surface area (Å²) in [6, 6.07) is 1.54. The van der Waals surface area contributed by atoms with Crippen LogP contribution in [0.15, 0.2) is 33.4 Å². The minimum absolute atomic E-state index is 0. The Morgan fingerprint density at radius 1 is 1.44 bits per heavy atom. The molecule has 98 valence electrons. The van der Waals surface area contributed by atoms with E-state index in [0.29, 0.717) is 10.1 Å². The molecule has 8 nitrogen and oxygen atoms in total. The van der Waals surface area contributed by atoms with Gasteiger partial charge in [0.05, 0.1) is 0 Å². The van der Waals surface area contributed by atoms with E-state index in [1.807, 2.05) is 0 Å². The zero-order valence-electron chi connectivity index (χ0n) is 9.09. The van der Waals surface area contributed by atoms with E-state index in [-0.39, 0.29) is 17.3 Å². The number of nitrogens with zero attached hydrogens (tertiary/aromatic N) is 5. The summed E-state index contributed by atoms with van der Waals surface area (Å²) in [6.45, 7) is 0. The first-order valence-corrected chi connectivity index (χ1v) is 6.72. The fraction of sp³-hybridized carbons (Fsp3) is 0.143. The molecule has 0 aliphatic rings. The first kappa shape index (κ1) is 14.8. The SMILES string of the molecule is Cl.Cn1nnnc1Sc1ccncc1S(N)(=O)=O. The van der Waals surface area contributed by atoms with E-state index < -0.39 is 10.0 Å². The number of halogens is 1. The zero-order valence-corrected chi connectivity index (χ0v) is 11.5. The minimum atomic E-state index is -3.81. The van der Waals surface area contributed by atoms with Crippen molar-refractivity contribution in [3.8, 4) is 0 Å². The Morgan fingerprint density at radius 2 is 2.17 bits per heavy atom. The van der Waals surface area contributed by atoms with Crippen LogP contribution < -0.4 is 5.14 Å². The molecule has 2 aromatic heterocycles. The van der Waals surface area contributed by atoms with Crippen LogP contribution in [0.3, 0.4) is 0 Å². The average Bonchev–Trinajstić information content (AvgIpc) is 2.64. The Hall–Kier alpha value is -1.23. The second kappa shape index (κ2) is 5.61. The molecule has 0 unspecified atom stereocenters. The molecule has 2 N–H and O–H groups in total. The number of aryl methyl sites for hydroxylation is 1. The van der Waals surface area contributed by atoms with E-state index in [0.717, 1.165) is 11.8 Å². The van der Waals surface area contributed by atoms with Crippen molar-refractivity contribution in [2.45, 2.75) is 14.9 Å². The third kappa shape index (κ3) is 3.16. The van der Waals surface area contributed by atoms with E-state index in [1.54, 1.807) is 13.1 Å². The molecule has 2 heterocycles. The lowest BCUT2D eigenvalue weighted by Gasteiger charge is -2.04. The summed E-state index contributed by atoms with van der Waals surface area (Å²) in [5.41, 5.74) is 0. The molecular weight excluding hydrogens is 300 g/mol. The first-order valence-electron chi connectivity index (χ1n) is 4.35. The lowest BCUT2D eigenvalue weighted by atomic mass is 10.5. The molecule has 0 radical (unpaired) electrons. The van der Waals surface area contributed by atoms with Gasteiger partial charge in [0.25, 0.3) is 0 Å². The van der Waals surface area contributed by atoms with Gasteiger partial charge in [0.15, 0.2) is 0 Å². The Bertz CT molecular complexity index is 643. The van der Waals surface area contributed by atoms with Gasteiger partial charge < -0.3 is 0 Å². The predicted molar refractivity (Wildman–Crippen MR) is 65.8 cm³/mol. The molecule has 0 fully saturated rings. The highest BCUT2D eigenvalue weighted by Gasteiger charge is 2.16. The van der Waals surface area contributed by atoms with Crippen LogP contribution in [0.5, 0.6) is 0 Å². The number of hydrogen-bond acceptors (Lipinski definition) is 7. The van der Waals surface area contributed by atoms with Gasteiger partial charge in [0, 0.05) is 24.3 Å². The highest BCUT2D eigenvalue weighted by atomic mass is 35.5. The van der Waals surface area contributed by atoms with Crippen LogP contribution >= 0.6 is 24.2 Å². The van der Waals surface area contributed by atoms with Gasteiger partial charge in [-0.1, -0.05) is 0 Å². The van der Waals surface area contributed by atoms with Crippen molar-refractivity contribution in [1.82, 2.24) is 25.2 Å². The van der Waals surface area contributed by atoms with Crippen LogP contribution in [-0.4, -0.2) is 33.6 Å². The van der Waals surface area contributed by atoms with Gasteiger partial charge in [0.2, 0.25) is 15.2 Å². The molecule has 0 spiro atoms. The number of tetrazole rings is 1.